The minimum absolute atomic E-state index is 0.212. The van der Waals surface area contributed by atoms with Gasteiger partial charge >= 0.3 is 0 Å². The Hall–Kier alpha value is -1.75. The fourth-order valence-corrected chi connectivity index (χ4v) is 2.49. The zero-order valence-corrected chi connectivity index (χ0v) is 14.7. The molecule has 0 bridgehead atoms. The van der Waals surface area contributed by atoms with Gasteiger partial charge in [-0.25, -0.2) is 0 Å². The van der Waals surface area contributed by atoms with Gasteiger partial charge in [-0.3, -0.25) is 4.99 Å². The number of ether oxygens (including phenoxy) is 2. The number of hydrogen-bond acceptors (Lipinski definition) is 3. The van der Waals surface area contributed by atoms with E-state index in [1.54, 1.807) is 7.05 Å². The summed E-state index contributed by atoms with van der Waals surface area (Å²) in [6.07, 6.45) is 2.56. The lowest BCUT2D eigenvalue weighted by atomic mass is 10.1. The summed E-state index contributed by atoms with van der Waals surface area (Å²) >= 11 is 0. The lowest BCUT2D eigenvalue weighted by Crippen LogP contribution is -2.40. The Morgan fingerprint density at radius 3 is 2.74 bits per heavy atom. The molecule has 1 aliphatic rings. The standard InChI is InChI=1S/C18H29N3O2/c1-18(2,3)23-16-10-6-5-8-14(16)12-20-17(19-4)21-13-15-9-7-11-22-15/h5-6,8,10,15H,7,9,11-13H2,1-4H3,(H2,19,20,21). The normalized spacial score (nSPS) is 18.8. The highest BCUT2D eigenvalue weighted by atomic mass is 16.5. The summed E-state index contributed by atoms with van der Waals surface area (Å²) in [6, 6.07) is 8.09. The molecule has 1 saturated heterocycles. The largest absolute Gasteiger partial charge is 0.488 e. The van der Waals surface area contributed by atoms with Crippen LogP contribution in [0.4, 0.5) is 0 Å². The second-order valence-corrected chi connectivity index (χ2v) is 6.76. The van der Waals surface area contributed by atoms with Crippen LogP contribution in [0.5, 0.6) is 5.75 Å². The highest BCUT2D eigenvalue weighted by Gasteiger charge is 2.16. The molecule has 1 aromatic carbocycles. The molecule has 1 unspecified atom stereocenters. The molecule has 2 N–H and O–H groups in total. The number of para-hydroxylation sites is 1. The van der Waals surface area contributed by atoms with Crippen LogP contribution in [-0.4, -0.2) is 37.9 Å². The van der Waals surface area contributed by atoms with Crippen molar-refractivity contribution in [2.75, 3.05) is 20.2 Å². The first-order valence-electron chi connectivity index (χ1n) is 8.31. The van der Waals surface area contributed by atoms with Gasteiger partial charge in [-0.05, 0) is 39.7 Å². The topological polar surface area (TPSA) is 54.9 Å². The third-order valence-corrected chi connectivity index (χ3v) is 3.58. The van der Waals surface area contributed by atoms with Gasteiger partial charge in [0.05, 0.1) is 6.10 Å². The molecule has 1 aliphatic heterocycles. The van der Waals surface area contributed by atoms with E-state index >= 15 is 0 Å². The molecule has 0 radical (unpaired) electrons. The van der Waals surface area contributed by atoms with Crippen LogP contribution in [-0.2, 0) is 11.3 Å². The molecule has 23 heavy (non-hydrogen) atoms. The van der Waals surface area contributed by atoms with E-state index < -0.39 is 0 Å². The van der Waals surface area contributed by atoms with Crippen molar-refractivity contribution in [2.24, 2.45) is 4.99 Å². The molecule has 0 saturated carbocycles. The number of guanidine groups is 1. The van der Waals surface area contributed by atoms with Crippen LogP contribution in [0.2, 0.25) is 0 Å². The second-order valence-electron chi connectivity index (χ2n) is 6.76. The predicted molar refractivity (Wildman–Crippen MR) is 94.0 cm³/mol. The summed E-state index contributed by atoms with van der Waals surface area (Å²) in [4.78, 5) is 4.27. The van der Waals surface area contributed by atoms with Gasteiger partial charge in [0.15, 0.2) is 5.96 Å². The Labute approximate surface area is 139 Å². The van der Waals surface area contributed by atoms with Gasteiger partial charge in [-0.1, -0.05) is 18.2 Å². The third kappa shape index (κ3) is 6.10. The minimum Gasteiger partial charge on any atom is -0.488 e. The van der Waals surface area contributed by atoms with Crippen molar-refractivity contribution in [2.45, 2.75) is 51.9 Å². The number of rotatable bonds is 5. The Morgan fingerprint density at radius 2 is 2.09 bits per heavy atom. The molecular weight excluding hydrogens is 290 g/mol. The average molecular weight is 319 g/mol. The van der Waals surface area contributed by atoms with E-state index in [-0.39, 0.29) is 5.60 Å². The van der Waals surface area contributed by atoms with Crippen molar-refractivity contribution in [1.82, 2.24) is 10.6 Å². The van der Waals surface area contributed by atoms with Crippen molar-refractivity contribution in [1.29, 1.82) is 0 Å². The first-order valence-corrected chi connectivity index (χ1v) is 8.31. The maximum absolute atomic E-state index is 6.02. The Balaban J connectivity index is 1.88. The van der Waals surface area contributed by atoms with Crippen LogP contribution in [0.1, 0.15) is 39.2 Å². The molecule has 1 heterocycles. The summed E-state index contributed by atoms with van der Waals surface area (Å²) in [5.74, 6) is 1.69. The van der Waals surface area contributed by atoms with E-state index in [4.69, 9.17) is 9.47 Å². The summed E-state index contributed by atoms with van der Waals surface area (Å²) in [7, 11) is 1.78. The molecule has 0 aliphatic carbocycles. The van der Waals surface area contributed by atoms with Gasteiger partial charge < -0.3 is 20.1 Å². The van der Waals surface area contributed by atoms with Crippen molar-refractivity contribution < 1.29 is 9.47 Å². The van der Waals surface area contributed by atoms with E-state index in [0.717, 1.165) is 43.3 Å². The molecule has 0 amide bonds. The molecule has 5 heteroatoms. The molecule has 0 aromatic heterocycles. The zero-order valence-electron chi connectivity index (χ0n) is 14.7. The summed E-state index contributed by atoms with van der Waals surface area (Å²) in [5.41, 5.74) is 0.901. The quantitative estimate of drug-likeness (QED) is 0.647. The zero-order chi connectivity index (χ0) is 16.7. The smallest absolute Gasteiger partial charge is 0.191 e. The molecule has 2 rings (SSSR count). The van der Waals surface area contributed by atoms with E-state index in [9.17, 15) is 0 Å². The molecule has 1 aromatic rings. The highest BCUT2D eigenvalue weighted by Crippen LogP contribution is 2.22. The van der Waals surface area contributed by atoms with Crippen LogP contribution >= 0.6 is 0 Å². The molecule has 0 spiro atoms. The van der Waals surface area contributed by atoms with Crippen LogP contribution in [0.3, 0.4) is 0 Å². The molecule has 1 atom stereocenters. The van der Waals surface area contributed by atoms with Crippen LogP contribution in [0.15, 0.2) is 29.3 Å². The van der Waals surface area contributed by atoms with Crippen LogP contribution < -0.4 is 15.4 Å². The average Bonchev–Trinajstić information content (AvgIpc) is 3.01. The van der Waals surface area contributed by atoms with Gasteiger partial charge in [0.1, 0.15) is 11.4 Å². The van der Waals surface area contributed by atoms with E-state index in [2.05, 4.69) is 42.5 Å². The fourth-order valence-electron chi connectivity index (χ4n) is 2.49. The molecular formula is C18H29N3O2. The number of nitrogens with one attached hydrogen (secondary N) is 2. The number of aliphatic imine (C=N–C) groups is 1. The number of nitrogens with zero attached hydrogens (tertiary/aromatic N) is 1. The van der Waals surface area contributed by atoms with Crippen molar-refractivity contribution >= 4 is 5.96 Å². The van der Waals surface area contributed by atoms with Gasteiger partial charge in [0.2, 0.25) is 0 Å². The Bertz CT molecular complexity index is 517. The van der Waals surface area contributed by atoms with Crippen molar-refractivity contribution in [3.63, 3.8) is 0 Å². The number of benzene rings is 1. The first kappa shape index (κ1) is 17.6. The summed E-state index contributed by atoms with van der Waals surface area (Å²) < 4.78 is 11.6. The lowest BCUT2D eigenvalue weighted by molar-refractivity contribution is 0.113. The third-order valence-electron chi connectivity index (χ3n) is 3.58. The monoisotopic (exact) mass is 319 g/mol. The van der Waals surface area contributed by atoms with Crippen LogP contribution in [0, 0.1) is 0 Å². The van der Waals surface area contributed by atoms with Crippen molar-refractivity contribution in [3.8, 4) is 5.75 Å². The summed E-state index contributed by atoms with van der Waals surface area (Å²) in [6.45, 7) is 8.49. The highest BCUT2D eigenvalue weighted by molar-refractivity contribution is 5.79. The van der Waals surface area contributed by atoms with E-state index in [1.165, 1.54) is 0 Å². The van der Waals surface area contributed by atoms with Gasteiger partial charge in [0.25, 0.3) is 0 Å². The lowest BCUT2D eigenvalue weighted by Gasteiger charge is -2.23. The maximum Gasteiger partial charge on any atom is 0.191 e. The van der Waals surface area contributed by atoms with E-state index in [1.807, 2.05) is 18.2 Å². The summed E-state index contributed by atoms with van der Waals surface area (Å²) in [5, 5.41) is 6.66. The van der Waals surface area contributed by atoms with Gasteiger partial charge in [-0.2, -0.15) is 0 Å². The first-order chi connectivity index (χ1) is 11.0. The van der Waals surface area contributed by atoms with Crippen molar-refractivity contribution in [3.05, 3.63) is 29.8 Å². The van der Waals surface area contributed by atoms with Gasteiger partial charge in [-0.15, -0.1) is 0 Å². The molecule has 128 valence electrons. The van der Waals surface area contributed by atoms with Crippen LogP contribution in [0.25, 0.3) is 0 Å². The maximum atomic E-state index is 6.02. The van der Waals surface area contributed by atoms with Gasteiger partial charge in [0, 0.05) is 32.3 Å². The van der Waals surface area contributed by atoms with E-state index in [0.29, 0.717) is 12.6 Å². The second kappa shape index (κ2) is 8.20. The number of hydrogen-bond donors (Lipinski definition) is 2. The fraction of sp³-hybridized carbons (Fsp3) is 0.611. The minimum atomic E-state index is -0.212. The SMILES string of the molecule is CN=C(NCc1ccccc1OC(C)(C)C)NCC1CCCO1. The molecule has 5 nitrogen and oxygen atoms in total. The predicted octanol–water partition coefficient (Wildman–Crippen LogP) is 2.71. The Kier molecular flexibility index (Phi) is 6.28. The Morgan fingerprint density at radius 1 is 1.30 bits per heavy atom. The molecule has 1 fully saturated rings.